The molecule has 0 aromatic rings. The minimum absolute atomic E-state index is 0.612. The molecule has 0 bridgehead atoms. The molecule has 0 aliphatic heterocycles. The molecular formula is C13H26. The maximum atomic E-state index is 2.47. The lowest BCUT2D eigenvalue weighted by atomic mass is 9.74. The Morgan fingerprint density at radius 3 is 1.92 bits per heavy atom. The molecule has 13 heavy (non-hydrogen) atoms. The van der Waals surface area contributed by atoms with Crippen LogP contribution in [0.1, 0.15) is 66.7 Å². The van der Waals surface area contributed by atoms with Crippen LogP contribution in [0.25, 0.3) is 0 Å². The molecule has 0 N–H and O–H groups in total. The molecule has 0 saturated heterocycles. The van der Waals surface area contributed by atoms with Crippen LogP contribution in [-0.4, -0.2) is 0 Å². The predicted molar refractivity (Wildman–Crippen MR) is 59.8 cm³/mol. The van der Waals surface area contributed by atoms with Gasteiger partial charge in [-0.25, -0.2) is 0 Å². The molecule has 1 aliphatic rings. The van der Waals surface area contributed by atoms with Gasteiger partial charge in [-0.05, 0) is 29.6 Å². The van der Waals surface area contributed by atoms with Crippen molar-refractivity contribution in [3.8, 4) is 0 Å². The van der Waals surface area contributed by atoms with E-state index in [9.17, 15) is 0 Å². The highest BCUT2D eigenvalue weighted by atomic mass is 14.6. The molecular weight excluding hydrogens is 156 g/mol. The zero-order valence-electron chi connectivity index (χ0n) is 10.1. The first-order chi connectivity index (χ1) is 6.02. The average Bonchev–Trinajstić information content (AvgIpc) is 2.77. The van der Waals surface area contributed by atoms with E-state index in [4.69, 9.17) is 0 Å². The van der Waals surface area contributed by atoms with Crippen molar-refractivity contribution in [1.29, 1.82) is 0 Å². The minimum atomic E-state index is 0.612. The van der Waals surface area contributed by atoms with Crippen LogP contribution in [0, 0.1) is 16.7 Å². The zero-order valence-corrected chi connectivity index (χ0v) is 10.1. The van der Waals surface area contributed by atoms with E-state index in [1.165, 1.54) is 32.1 Å². The van der Waals surface area contributed by atoms with E-state index in [1.807, 2.05) is 0 Å². The van der Waals surface area contributed by atoms with Crippen molar-refractivity contribution in [3.63, 3.8) is 0 Å². The highest BCUT2D eigenvalue weighted by molar-refractivity contribution is 5.01. The molecule has 1 rings (SSSR count). The van der Waals surface area contributed by atoms with Crippen molar-refractivity contribution < 1.29 is 0 Å². The molecule has 2 atom stereocenters. The third kappa shape index (κ3) is 2.08. The third-order valence-corrected chi connectivity index (χ3v) is 4.79. The maximum absolute atomic E-state index is 2.47. The fourth-order valence-electron chi connectivity index (χ4n) is 2.77. The van der Waals surface area contributed by atoms with Crippen molar-refractivity contribution in [2.24, 2.45) is 16.7 Å². The molecule has 0 radical (unpaired) electrons. The van der Waals surface area contributed by atoms with E-state index in [-0.39, 0.29) is 0 Å². The summed E-state index contributed by atoms with van der Waals surface area (Å²) in [5.41, 5.74) is 1.35. The Kier molecular flexibility index (Phi) is 3.09. The standard InChI is InChI=1S/C13H26/c1-6-12(5,7-2)10-13(8-3)9-11(13)4/h11H,6-10H2,1-5H3. The molecule has 0 aromatic carbocycles. The van der Waals surface area contributed by atoms with Crippen molar-refractivity contribution >= 4 is 0 Å². The topological polar surface area (TPSA) is 0 Å². The summed E-state index contributed by atoms with van der Waals surface area (Å²) in [5.74, 6) is 0.995. The number of rotatable bonds is 5. The normalized spacial score (nSPS) is 33.5. The Bertz CT molecular complexity index is 154. The number of hydrogen-bond acceptors (Lipinski definition) is 0. The average molecular weight is 182 g/mol. The molecule has 0 heteroatoms. The van der Waals surface area contributed by atoms with Gasteiger partial charge in [0.15, 0.2) is 0 Å². The minimum Gasteiger partial charge on any atom is -0.0649 e. The highest BCUT2D eigenvalue weighted by Gasteiger charge is 2.51. The first kappa shape index (κ1) is 11.1. The lowest BCUT2D eigenvalue weighted by molar-refractivity contribution is 0.194. The maximum Gasteiger partial charge on any atom is -0.0266 e. The first-order valence-corrected chi connectivity index (χ1v) is 6.02. The lowest BCUT2D eigenvalue weighted by Gasteiger charge is -2.32. The summed E-state index contributed by atoms with van der Waals surface area (Å²) >= 11 is 0. The van der Waals surface area contributed by atoms with Gasteiger partial charge in [0.05, 0.1) is 0 Å². The SMILES string of the molecule is CCC(C)(CC)CC1(CC)CC1C. The molecule has 1 saturated carbocycles. The zero-order chi connectivity index (χ0) is 10.1. The van der Waals surface area contributed by atoms with Gasteiger partial charge in [0.25, 0.3) is 0 Å². The van der Waals surface area contributed by atoms with Crippen LogP contribution < -0.4 is 0 Å². The molecule has 0 spiro atoms. The van der Waals surface area contributed by atoms with Crippen molar-refractivity contribution in [2.45, 2.75) is 66.7 Å². The van der Waals surface area contributed by atoms with E-state index in [2.05, 4.69) is 34.6 Å². The Morgan fingerprint density at radius 1 is 1.23 bits per heavy atom. The molecule has 0 aromatic heterocycles. The molecule has 0 amide bonds. The molecule has 2 unspecified atom stereocenters. The van der Waals surface area contributed by atoms with Gasteiger partial charge >= 0.3 is 0 Å². The summed E-state index contributed by atoms with van der Waals surface area (Å²) in [6.07, 6.45) is 7.03. The summed E-state index contributed by atoms with van der Waals surface area (Å²) in [4.78, 5) is 0. The van der Waals surface area contributed by atoms with E-state index >= 15 is 0 Å². The summed E-state index contributed by atoms with van der Waals surface area (Å²) in [7, 11) is 0. The third-order valence-electron chi connectivity index (χ3n) is 4.79. The first-order valence-electron chi connectivity index (χ1n) is 6.02. The van der Waals surface area contributed by atoms with Crippen LogP contribution >= 0.6 is 0 Å². The van der Waals surface area contributed by atoms with Gasteiger partial charge in [0, 0.05) is 0 Å². The van der Waals surface area contributed by atoms with Crippen molar-refractivity contribution in [2.75, 3.05) is 0 Å². The summed E-state index contributed by atoms with van der Waals surface area (Å²) in [6, 6.07) is 0. The van der Waals surface area contributed by atoms with Crippen LogP contribution in [0.5, 0.6) is 0 Å². The van der Waals surface area contributed by atoms with Gasteiger partial charge in [-0.2, -0.15) is 0 Å². The quantitative estimate of drug-likeness (QED) is 0.581. The van der Waals surface area contributed by atoms with Crippen molar-refractivity contribution in [1.82, 2.24) is 0 Å². The Hall–Kier alpha value is 0. The van der Waals surface area contributed by atoms with Crippen molar-refractivity contribution in [3.05, 3.63) is 0 Å². The van der Waals surface area contributed by atoms with E-state index in [1.54, 1.807) is 0 Å². The largest absolute Gasteiger partial charge is 0.0649 e. The second kappa shape index (κ2) is 3.63. The molecule has 1 aliphatic carbocycles. The summed E-state index contributed by atoms with van der Waals surface area (Å²) in [5, 5.41) is 0. The second-order valence-electron chi connectivity index (χ2n) is 5.52. The fourth-order valence-corrected chi connectivity index (χ4v) is 2.77. The van der Waals surface area contributed by atoms with Crippen LogP contribution in [0.3, 0.4) is 0 Å². The van der Waals surface area contributed by atoms with E-state index < -0.39 is 0 Å². The van der Waals surface area contributed by atoms with Crippen LogP contribution in [0.15, 0.2) is 0 Å². The van der Waals surface area contributed by atoms with Gasteiger partial charge in [-0.15, -0.1) is 0 Å². The summed E-state index contributed by atoms with van der Waals surface area (Å²) < 4.78 is 0. The summed E-state index contributed by atoms with van der Waals surface area (Å²) in [6.45, 7) is 12.0. The van der Waals surface area contributed by atoms with Crippen LogP contribution in [-0.2, 0) is 0 Å². The Morgan fingerprint density at radius 2 is 1.69 bits per heavy atom. The highest BCUT2D eigenvalue weighted by Crippen LogP contribution is 2.61. The van der Waals surface area contributed by atoms with E-state index in [0.717, 1.165) is 11.3 Å². The predicted octanol–water partition coefficient (Wildman–Crippen LogP) is 4.64. The van der Waals surface area contributed by atoms with Crippen LogP contribution in [0.4, 0.5) is 0 Å². The lowest BCUT2D eigenvalue weighted by Crippen LogP contribution is -2.20. The van der Waals surface area contributed by atoms with Gasteiger partial charge in [0.2, 0.25) is 0 Å². The van der Waals surface area contributed by atoms with Gasteiger partial charge in [-0.1, -0.05) is 53.9 Å². The Balaban J connectivity index is 2.56. The molecule has 78 valence electrons. The van der Waals surface area contributed by atoms with Crippen LogP contribution in [0.2, 0.25) is 0 Å². The van der Waals surface area contributed by atoms with Gasteiger partial charge < -0.3 is 0 Å². The van der Waals surface area contributed by atoms with Gasteiger partial charge in [-0.3, -0.25) is 0 Å². The van der Waals surface area contributed by atoms with E-state index in [0.29, 0.717) is 5.41 Å². The Labute approximate surface area is 84.1 Å². The fraction of sp³-hybridized carbons (Fsp3) is 1.00. The van der Waals surface area contributed by atoms with Gasteiger partial charge in [0.1, 0.15) is 0 Å². The molecule has 1 fully saturated rings. The second-order valence-corrected chi connectivity index (χ2v) is 5.52. The smallest absolute Gasteiger partial charge is 0.0266 e. The number of hydrogen-bond donors (Lipinski definition) is 0. The monoisotopic (exact) mass is 182 g/mol. The molecule has 0 heterocycles. The molecule has 0 nitrogen and oxygen atoms in total.